The van der Waals surface area contributed by atoms with Crippen molar-refractivity contribution >= 4 is 42.6 Å². The van der Waals surface area contributed by atoms with Crippen LogP contribution >= 0.6 is 0 Å². The van der Waals surface area contributed by atoms with Crippen LogP contribution in [0.25, 0.3) is 0 Å². The van der Waals surface area contributed by atoms with Crippen LogP contribution in [0.3, 0.4) is 0 Å². The molecule has 0 bridgehead atoms. The molecule has 4 atom stereocenters. The molecule has 8 heteroatoms. The zero-order valence-electron chi connectivity index (χ0n) is 29.4. The van der Waals surface area contributed by atoms with Crippen molar-refractivity contribution in [3.8, 4) is 5.75 Å². The second-order valence-corrected chi connectivity index (χ2v) is 18.7. The third-order valence-electron chi connectivity index (χ3n) is 10.4. The summed E-state index contributed by atoms with van der Waals surface area (Å²) in [6, 6.07) is 23.6. The molecule has 2 amide bonds. The third kappa shape index (κ3) is 6.53. The Morgan fingerprint density at radius 2 is 1.73 bits per heavy atom. The summed E-state index contributed by atoms with van der Waals surface area (Å²) in [5, 5.41) is 11.5. The number of aliphatic hydroxyl groups is 1. The summed E-state index contributed by atoms with van der Waals surface area (Å²) in [5.74, 6) is 0.513. The Bertz CT molecular complexity index is 1660. The molecule has 1 N–H and O–H groups in total. The first-order chi connectivity index (χ1) is 23.0. The van der Waals surface area contributed by atoms with Crippen molar-refractivity contribution in [2.24, 2.45) is 5.92 Å². The van der Waals surface area contributed by atoms with Gasteiger partial charge in [0.05, 0.1) is 27.0 Å². The minimum absolute atomic E-state index is 0.0242. The number of carbonyl (C=O) groups is 2. The van der Waals surface area contributed by atoms with Gasteiger partial charge in [-0.1, -0.05) is 78.8 Å². The summed E-state index contributed by atoms with van der Waals surface area (Å²) in [5.41, 5.74) is 4.27. The van der Waals surface area contributed by atoms with E-state index in [1.54, 1.807) is 12.0 Å². The molecule has 0 aromatic heterocycles. The maximum atomic E-state index is 15.0. The van der Waals surface area contributed by atoms with Gasteiger partial charge in [0, 0.05) is 36.0 Å². The van der Waals surface area contributed by atoms with Gasteiger partial charge in [0.2, 0.25) is 6.41 Å². The van der Waals surface area contributed by atoms with E-state index in [0.29, 0.717) is 18.7 Å². The van der Waals surface area contributed by atoms with E-state index in [-0.39, 0.29) is 30.1 Å². The number of hydrogen-bond donors (Lipinski definition) is 1. The maximum Gasteiger partial charge on any atom is 0.264 e. The number of allylic oxidation sites excluding steroid dienone is 3. The summed E-state index contributed by atoms with van der Waals surface area (Å²) in [6.07, 6.45) is 7.18. The molecular weight excluding hydrogens is 617 g/mol. The van der Waals surface area contributed by atoms with Crippen molar-refractivity contribution in [2.45, 2.75) is 77.3 Å². The van der Waals surface area contributed by atoms with E-state index in [2.05, 4.69) is 65.1 Å². The first-order valence-corrected chi connectivity index (χ1v) is 20.1. The molecule has 48 heavy (non-hydrogen) atoms. The van der Waals surface area contributed by atoms with Crippen molar-refractivity contribution in [2.75, 3.05) is 30.1 Å². The third-order valence-corrected chi connectivity index (χ3v) is 14.7. The van der Waals surface area contributed by atoms with E-state index in [1.165, 1.54) is 16.3 Å². The molecular formula is C40H50N2O5Si. The molecule has 5 rings (SSSR count). The zero-order chi connectivity index (χ0) is 34.6. The number of nitrogens with zero attached hydrogens (tertiary/aromatic N) is 2. The average Bonchev–Trinajstić information content (AvgIpc) is 3.50. The van der Waals surface area contributed by atoms with Gasteiger partial charge in [-0.05, 0) is 88.0 Å². The molecule has 2 aliphatic heterocycles. The lowest BCUT2D eigenvalue weighted by atomic mass is 9.82. The summed E-state index contributed by atoms with van der Waals surface area (Å²) >= 11 is 0. The van der Waals surface area contributed by atoms with Crippen molar-refractivity contribution in [3.05, 3.63) is 102 Å². The van der Waals surface area contributed by atoms with Crippen LogP contribution in [0, 0.1) is 5.92 Å². The molecule has 0 saturated carbocycles. The summed E-state index contributed by atoms with van der Waals surface area (Å²) < 4.78 is 12.5. The number of hydrogen-bond acceptors (Lipinski definition) is 5. The maximum absolute atomic E-state index is 15.0. The highest BCUT2D eigenvalue weighted by molar-refractivity contribution is 6.91. The number of anilines is 3. The molecule has 3 aromatic rings. The largest absolute Gasteiger partial charge is 0.497 e. The van der Waals surface area contributed by atoms with E-state index >= 15 is 0 Å². The number of methoxy groups -OCH3 is 1. The van der Waals surface area contributed by atoms with Crippen molar-refractivity contribution in [1.29, 1.82) is 0 Å². The fourth-order valence-corrected chi connectivity index (χ4v) is 11.9. The fourth-order valence-electron chi connectivity index (χ4n) is 7.83. The Labute approximate surface area is 286 Å². The topological polar surface area (TPSA) is 79.3 Å². The lowest BCUT2D eigenvalue weighted by Crippen LogP contribution is -2.52. The van der Waals surface area contributed by atoms with Crippen LogP contribution in [0.5, 0.6) is 5.75 Å². The molecule has 254 valence electrons. The molecule has 0 radical (unpaired) electrons. The highest BCUT2D eigenvalue weighted by atomic mass is 28.3. The second-order valence-electron chi connectivity index (χ2n) is 14.0. The first kappa shape index (κ1) is 35.3. The molecule has 1 saturated heterocycles. The van der Waals surface area contributed by atoms with Crippen molar-refractivity contribution in [1.82, 2.24) is 0 Å². The number of aliphatic hydroxyl groups excluding tert-OH is 1. The van der Waals surface area contributed by atoms with Crippen LogP contribution in [-0.2, 0) is 19.9 Å². The number of amides is 2. The zero-order valence-corrected chi connectivity index (χ0v) is 30.4. The quantitative estimate of drug-likeness (QED) is 0.115. The number of fused-ring (bicyclic) bond motifs is 2. The smallest absolute Gasteiger partial charge is 0.264 e. The average molecular weight is 667 g/mol. The van der Waals surface area contributed by atoms with Gasteiger partial charge in [0.1, 0.15) is 5.75 Å². The Balaban J connectivity index is 1.62. The fraction of sp³-hybridized carbons (Fsp3) is 0.400. The van der Waals surface area contributed by atoms with Crippen LogP contribution < -0.4 is 19.7 Å². The number of rotatable bonds is 13. The molecule has 3 aromatic carbocycles. The highest BCUT2D eigenvalue weighted by Crippen LogP contribution is 2.60. The van der Waals surface area contributed by atoms with E-state index in [9.17, 15) is 14.7 Å². The number of benzene rings is 3. The van der Waals surface area contributed by atoms with Gasteiger partial charge in [-0.3, -0.25) is 14.5 Å². The molecule has 2 heterocycles. The molecule has 0 aliphatic carbocycles. The summed E-state index contributed by atoms with van der Waals surface area (Å²) in [6.45, 7) is 13.5. The normalized spacial score (nSPS) is 22.2. The van der Waals surface area contributed by atoms with Gasteiger partial charge in [-0.2, -0.15) is 0 Å². The van der Waals surface area contributed by atoms with Crippen LogP contribution in [0.15, 0.2) is 96.1 Å². The Morgan fingerprint density at radius 3 is 2.35 bits per heavy atom. The van der Waals surface area contributed by atoms with E-state index in [0.717, 1.165) is 41.9 Å². The Kier molecular flexibility index (Phi) is 10.8. The Morgan fingerprint density at radius 1 is 1.02 bits per heavy atom. The summed E-state index contributed by atoms with van der Waals surface area (Å²) in [7, 11) is -0.649. The predicted octanol–water partition coefficient (Wildman–Crippen LogP) is 7.63. The molecule has 1 spiro atoms. The van der Waals surface area contributed by atoms with Gasteiger partial charge in [-0.15, -0.1) is 0 Å². The first-order valence-electron chi connectivity index (χ1n) is 17.0. The minimum Gasteiger partial charge on any atom is -0.497 e. The molecule has 1 fully saturated rings. The Hall–Kier alpha value is -3.98. The number of ether oxygens (including phenoxy) is 2. The lowest BCUT2D eigenvalue weighted by Gasteiger charge is -2.37. The number of para-hydroxylation sites is 1. The molecule has 2 aliphatic rings. The highest BCUT2D eigenvalue weighted by Gasteiger charge is 2.66. The standard InChI is InChI=1S/C40H50N2O5Si/c1-28(2)12-11-13-29(3)22-24-41-36-21-16-32(42(27-44)31-14-9-8-10-15-31)26-35(36)40(39(41)45)30(4)38(37(47-40)23-25-43)48(6,7)34-19-17-33(46-5)18-20-34/h8-10,12,14-22,26-27,30,37-38,43H,11,13,23-25H2,1-7H3/b29-22+/t30-,37+,38-,40+/m0/s1. The van der Waals surface area contributed by atoms with Crippen LogP contribution in [-0.4, -0.2) is 51.9 Å². The lowest BCUT2D eigenvalue weighted by molar-refractivity contribution is -0.146. The summed E-state index contributed by atoms with van der Waals surface area (Å²) in [4.78, 5) is 31.0. The van der Waals surface area contributed by atoms with Gasteiger partial charge in [0.15, 0.2) is 5.60 Å². The van der Waals surface area contributed by atoms with Crippen LogP contribution in [0.4, 0.5) is 17.1 Å². The van der Waals surface area contributed by atoms with Gasteiger partial charge in [0.25, 0.3) is 5.91 Å². The predicted molar refractivity (Wildman–Crippen MR) is 197 cm³/mol. The monoisotopic (exact) mass is 666 g/mol. The van der Waals surface area contributed by atoms with Crippen LogP contribution in [0.2, 0.25) is 18.6 Å². The van der Waals surface area contributed by atoms with Gasteiger partial charge < -0.3 is 19.5 Å². The van der Waals surface area contributed by atoms with E-state index < -0.39 is 13.7 Å². The van der Waals surface area contributed by atoms with E-state index in [1.807, 2.05) is 65.6 Å². The van der Waals surface area contributed by atoms with Crippen molar-refractivity contribution < 1.29 is 24.2 Å². The second kappa shape index (κ2) is 14.6. The van der Waals surface area contributed by atoms with Crippen molar-refractivity contribution in [3.63, 3.8) is 0 Å². The van der Waals surface area contributed by atoms with Gasteiger partial charge >= 0.3 is 0 Å². The SMILES string of the molecule is COc1ccc([Si](C)(C)[C@@H]2[C@@H](CCO)O[C@]3(C(=O)N(C/C=C(\C)CCC=C(C)C)c4ccc(N(C=O)c5ccccc5)cc43)[C@H]2C)cc1. The molecule has 0 unspecified atom stereocenters. The minimum atomic E-state index is -2.31. The van der Waals surface area contributed by atoms with Gasteiger partial charge in [-0.25, -0.2) is 0 Å². The van der Waals surface area contributed by atoms with Crippen LogP contribution in [0.1, 0.15) is 52.5 Å². The number of carbonyl (C=O) groups excluding carboxylic acids is 2. The molecule has 7 nitrogen and oxygen atoms in total. The van der Waals surface area contributed by atoms with E-state index in [4.69, 9.17) is 9.47 Å².